The molecule has 0 bridgehead atoms. The summed E-state index contributed by atoms with van der Waals surface area (Å²) in [5.41, 5.74) is 1.53. The zero-order valence-corrected chi connectivity index (χ0v) is 14.7. The van der Waals surface area contributed by atoms with Gasteiger partial charge >= 0.3 is 5.97 Å². The van der Waals surface area contributed by atoms with Crippen LogP contribution in [0.5, 0.6) is 5.75 Å². The van der Waals surface area contributed by atoms with Crippen LogP contribution in [-0.4, -0.2) is 27.2 Å². The third-order valence-electron chi connectivity index (χ3n) is 3.37. The van der Waals surface area contributed by atoms with Crippen LogP contribution in [0.15, 0.2) is 35.1 Å². The molecule has 0 radical (unpaired) electrons. The summed E-state index contributed by atoms with van der Waals surface area (Å²) in [4.78, 5) is 28.3. The number of esters is 1. The topological polar surface area (TPSA) is 82.8 Å². The van der Waals surface area contributed by atoms with E-state index in [1.807, 2.05) is 31.2 Å². The number of fused-ring (bicyclic) bond motifs is 1. The minimum atomic E-state index is -0.386. The van der Waals surface area contributed by atoms with Gasteiger partial charge in [0.25, 0.3) is 5.56 Å². The minimum absolute atomic E-state index is 0.00980. The van der Waals surface area contributed by atoms with Gasteiger partial charge in [-0.25, -0.2) is 4.98 Å². The van der Waals surface area contributed by atoms with E-state index in [1.54, 1.807) is 6.92 Å². The SMILES string of the molecule is Cc1ccc(OCCC(=O)OCc2nn3c(=O)cc(C)nc3s2)cc1. The standard InChI is InChI=1S/C17H17N3O4S/c1-11-3-5-13(6-4-11)23-8-7-16(22)24-10-14-19-20-15(21)9-12(2)18-17(20)25-14/h3-6,9H,7-8,10H2,1-2H3. The van der Waals surface area contributed by atoms with E-state index in [0.717, 1.165) is 5.56 Å². The van der Waals surface area contributed by atoms with Gasteiger partial charge in [-0.05, 0) is 26.0 Å². The number of nitrogens with zero attached hydrogens (tertiary/aromatic N) is 3. The zero-order chi connectivity index (χ0) is 17.8. The second kappa shape index (κ2) is 7.43. The molecule has 2 heterocycles. The Morgan fingerprint density at radius 3 is 2.76 bits per heavy atom. The predicted molar refractivity (Wildman–Crippen MR) is 93.0 cm³/mol. The molecule has 2 aromatic heterocycles. The minimum Gasteiger partial charge on any atom is -0.493 e. The maximum Gasteiger partial charge on any atom is 0.309 e. The van der Waals surface area contributed by atoms with Crippen molar-refractivity contribution in [1.29, 1.82) is 0 Å². The summed E-state index contributed by atoms with van der Waals surface area (Å²) in [6.07, 6.45) is 0.135. The maximum absolute atomic E-state index is 11.8. The molecule has 0 aliphatic heterocycles. The number of carbonyl (C=O) groups excluding carboxylic acids is 1. The molecule has 1 aromatic carbocycles. The van der Waals surface area contributed by atoms with Crippen LogP contribution in [0.2, 0.25) is 0 Å². The average Bonchev–Trinajstić information content (AvgIpc) is 2.98. The van der Waals surface area contributed by atoms with Gasteiger partial charge in [0, 0.05) is 11.8 Å². The number of carbonyl (C=O) groups is 1. The molecule has 130 valence electrons. The van der Waals surface area contributed by atoms with Crippen molar-refractivity contribution in [3.63, 3.8) is 0 Å². The first-order valence-electron chi connectivity index (χ1n) is 7.73. The van der Waals surface area contributed by atoms with Gasteiger partial charge in [-0.1, -0.05) is 29.0 Å². The van der Waals surface area contributed by atoms with Crippen molar-refractivity contribution < 1.29 is 14.3 Å². The highest BCUT2D eigenvalue weighted by molar-refractivity contribution is 7.16. The Morgan fingerprint density at radius 2 is 2.00 bits per heavy atom. The number of aryl methyl sites for hydroxylation is 2. The van der Waals surface area contributed by atoms with Gasteiger partial charge in [0.1, 0.15) is 12.4 Å². The molecule has 0 atom stereocenters. The van der Waals surface area contributed by atoms with Crippen molar-refractivity contribution in [2.45, 2.75) is 26.9 Å². The molecule has 0 amide bonds. The van der Waals surface area contributed by atoms with Crippen LogP contribution >= 0.6 is 11.3 Å². The molecular formula is C17H17N3O4S. The molecular weight excluding hydrogens is 342 g/mol. The monoisotopic (exact) mass is 359 g/mol. The average molecular weight is 359 g/mol. The molecule has 0 spiro atoms. The highest BCUT2D eigenvalue weighted by Gasteiger charge is 2.10. The first-order chi connectivity index (χ1) is 12.0. The molecule has 25 heavy (non-hydrogen) atoms. The van der Waals surface area contributed by atoms with E-state index >= 15 is 0 Å². The van der Waals surface area contributed by atoms with Crippen LogP contribution in [0, 0.1) is 13.8 Å². The van der Waals surface area contributed by atoms with Gasteiger partial charge in [-0.2, -0.15) is 9.61 Å². The van der Waals surface area contributed by atoms with Crippen LogP contribution in [0.1, 0.15) is 22.7 Å². The summed E-state index contributed by atoms with van der Waals surface area (Å²) in [6.45, 7) is 3.99. The number of aromatic nitrogens is 3. The molecule has 0 aliphatic rings. The number of hydrogen-bond acceptors (Lipinski definition) is 7. The Morgan fingerprint density at radius 1 is 1.24 bits per heavy atom. The second-order valence-electron chi connectivity index (χ2n) is 5.50. The van der Waals surface area contributed by atoms with Crippen LogP contribution in [0.3, 0.4) is 0 Å². The number of benzene rings is 1. The largest absolute Gasteiger partial charge is 0.493 e. The van der Waals surface area contributed by atoms with Crippen molar-refractivity contribution in [3.8, 4) is 5.75 Å². The van der Waals surface area contributed by atoms with E-state index in [-0.39, 0.29) is 31.2 Å². The Hall–Kier alpha value is -2.74. The smallest absolute Gasteiger partial charge is 0.309 e. The second-order valence-corrected chi connectivity index (χ2v) is 6.54. The van der Waals surface area contributed by atoms with Gasteiger partial charge in [-0.15, -0.1) is 0 Å². The number of rotatable bonds is 6. The number of ether oxygens (including phenoxy) is 2. The fourth-order valence-electron chi connectivity index (χ4n) is 2.12. The Balaban J connectivity index is 1.49. The Labute approximate surface area is 147 Å². The zero-order valence-electron chi connectivity index (χ0n) is 13.9. The lowest BCUT2D eigenvalue weighted by Crippen LogP contribution is -2.14. The lowest BCUT2D eigenvalue weighted by molar-refractivity contribution is -0.145. The highest BCUT2D eigenvalue weighted by atomic mass is 32.1. The predicted octanol–water partition coefficient (Wildman–Crippen LogP) is 2.28. The molecule has 0 fully saturated rings. The van der Waals surface area contributed by atoms with Crippen LogP contribution in [0.25, 0.3) is 4.96 Å². The quantitative estimate of drug-likeness (QED) is 0.628. The third-order valence-corrected chi connectivity index (χ3v) is 4.25. The Bertz CT molecular complexity index is 947. The molecule has 0 saturated carbocycles. The van der Waals surface area contributed by atoms with Crippen molar-refractivity contribution >= 4 is 22.3 Å². The Kier molecular flexibility index (Phi) is 5.08. The molecule has 3 aromatic rings. The van der Waals surface area contributed by atoms with E-state index in [0.29, 0.717) is 21.4 Å². The van der Waals surface area contributed by atoms with Gasteiger partial charge in [-0.3, -0.25) is 9.59 Å². The van der Waals surface area contributed by atoms with Crippen LogP contribution in [-0.2, 0) is 16.1 Å². The van der Waals surface area contributed by atoms with Crippen molar-refractivity contribution in [2.75, 3.05) is 6.61 Å². The van der Waals surface area contributed by atoms with E-state index in [9.17, 15) is 9.59 Å². The van der Waals surface area contributed by atoms with E-state index < -0.39 is 0 Å². The van der Waals surface area contributed by atoms with Crippen molar-refractivity contribution in [3.05, 3.63) is 57.0 Å². The van der Waals surface area contributed by atoms with E-state index in [2.05, 4.69) is 10.1 Å². The molecule has 8 heteroatoms. The van der Waals surface area contributed by atoms with Gasteiger partial charge < -0.3 is 9.47 Å². The lowest BCUT2D eigenvalue weighted by atomic mass is 10.2. The maximum atomic E-state index is 11.8. The molecule has 3 rings (SSSR count). The highest BCUT2D eigenvalue weighted by Crippen LogP contribution is 2.13. The summed E-state index contributed by atoms with van der Waals surface area (Å²) in [6, 6.07) is 9.00. The first-order valence-corrected chi connectivity index (χ1v) is 8.54. The summed E-state index contributed by atoms with van der Waals surface area (Å²) in [5, 5.41) is 4.63. The summed E-state index contributed by atoms with van der Waals surface area (Å²) in [7, 11) is 0. The summed E-state index contributed by atoms with van der Waals surface area (Å²) < 4.78 is 11.9. The van der Waals surface area contributed by atoms with Crippen molar-refractivity contribution in [1.82, 2.24) is 14.6 Å². The summed E-state index contributed by atoms with van der Waals surface area (Å²) in [5.74, 6) is 0.327. The van der Waals surface area contributed by atoms with Gasteiger partial charge in [0.05, 0.1) is 13.0 Å². The summed E-state index contributed by atoms with van der Waals surface area (Å²) >= 11 is 1.22. The molecule has 7 nitrogen and oxygen atoms in total. The fraction of sp³-hybridized carbons (Fsp3) is 0.294. The normalized spacial score (nSPS) is 10.8. The molecule has 0 aliphatic carbocycles. The first kappa shape index (κ1) is 17.1. The van der Waals surface area contributed by atoms with Gasteiger partial charge in [0.15, 0.2) is 5.01 Å². The molecule has 0 unspecified atom stereocenters. The van der Waals surface area contributed by atoms with Crippen LogP contribution < -0.4 is 10.3 Å². The third kappa shape index (κ3) is 4.42. The number of hydrogen-bond donors (Lipinski definition) is 0. The van der Waals surface area contributed by atoms with Crippen LogP contribution in [0.4, 0.5) is 0 Å². The molecule has 0 saturated heterocycles. The van der Waals surface area contributed by atoms with Gasteiger partial charge in [0.2, 0.25) is 4.96 Å². The van der Waals surface area contributed by atoms with E-state index in [4.69, 9.17) is 9.47 Å². The molecule has 0 N–H and O–H groups in total. The fourth-order valence-corrected chi connectivity index (χ4v) is 2.98. The van der Waals surface area contributed by atoms with E-state index in [1.165, 1.54) is 21.9 Å². The lowest BCUT2D eigenvalue weighted by Gasteiger charge is -2.06. The van der Waals surface area contributed by atoms with Crippen molar-refractivity contribution in [2.24, 2.45) is 0 Å².